The van der Waals surface area contributed by atoms with E-state index in [-0.39, 0.29) is 22.1 Å². The maximum atomic E-state index is 13.7. The van der Waals surface area contributed by atoms with Crippen LogP contribution in [0.15, 0.2) is 106 Å². The van der Waals surface area contributed by atoms with Gasteiger partial charge in [0.1, 0.15) is 22.9 Å². The third-order valence-corrected chi connectivity index (χ3v) is 5.72. The van der Waals surface area contributed by atoms with Crippen molar-refractivity contribution in [2.75, 3.05) is 0 Å². The van der Waals surface area contributed by atoms with Crippen LogP contribution < -0.4 is 10.9 Å². The fourth-order valence-corrected chi connectivity index (χ4v) is 3.98. The number of aromatic hydroxyl groups is 1. The molecule has 0 aliphatic rings. The van der Waals surface area contributed by atoms with Crippen LogP contribution in [0.3, 0.4) is 0 Å². The SMILES string of the molecule is O=C(NC(C(=O)c1ccc2ccccc2c1)c1c(O)c2ccccc2oc1=O)c1ccccc1. The fourth-order valence-electron chi connectivity index (χ4n) is 3.98. The largest absolute Gasteiger partial charge is 0.507 e. The molecule has 0 aliphatic carbocycles. The van der Waals surface area contributed by atoms with Gasteiger partial charge in [0.15, 0.2) is 5.78 Å². The van der Waals surface area contributed by atoms with Crippen LogP contribution in [0.25, 0.3) is 21.7 Å². The van der Waals surface area contributed by atoms with E-state index in [0.717, 1.165) is 10.8 Å². The Kier molecular flexibility index (Phi) is 5.40. The number of hydrogen-bond acceptors (Lipinski definition) is 5. The summed E-state index contributed by atoms with van der Waals surface area (Å²) in [4.78, 5) is 39.6. The Morgan fingerprint density at radius 3 is 2.24 bits per heavy atom. The highest BCUT2D eigenvalue weighted by Gasteiger charge is 2.31. The Morgan fingerprint density at radius 1 is 0.765 bits per heavy atom. The number of benzene rings is 4. The van der Waals surface area contributed by atoms with Gasteiger partial charge in [-0.05, 0) is 41.1 Å². The molecule has 166 valence electrons. The van der Waals surface area contributed by atoms with Crippen LogP contribution in [0.4, 0.5) is 0 Å². The maximum absolute atomic E-state index is 13.7. The van der Waals surface area contributed by atoms with Crippen LogP contribution in [0.2, 0.25) is 0 Å². The number of fused-ring (bicyclic) bond motifs is 2. The summed E-state index contributed by atoms with van der Waals surface area (Å²) in [5, 5.41) is 15.7. The standard InChI is InChI=1S/C28H19NO5/c30-25(20-15-14-17-8-4-5-11-19(17)16-20)24(29-27(32)18-9-2-1-3-10-18)23-26(31)21-12-6-7-13-22(21)34-28(23)33/h1-16,24,31H,(H,29,32). The number of ketones is 1. The minimum atomic E-state index is -1.46. The van der Waals surface area contributed by atoms with Crippen molar-refractivity contribution in [1.82, 2.24) is 5.32 Å². The molecule has 0 saturated carbocycles. The first-order chi connectivity index (χ1) is 16.5. The molecule has 0 fully saturated rings. The monoisotopic (exact) mass is 449 g/mol. The molecular formula is C28H19NO5. The van der Waals surface area contributed by atoms with Gasteiger partial charge in [-0.15, -0.1) is 0 Å². The van der Waals surface area contributed by atoms with E-state index in [1.165, 1.54) is 0 Å². The van der Waals surface area contributed by atoms with Gasteiger partial charge in [0, 0.05) is 11.1 Å². The van der Waals surface area contributed by atoms with Gasteiger partial charge in [0.25, 0.3) is 5.91 Å². The molecule has 1 atom stereocenters. The number of rotatable bonds is 5. The van der Waals surface area contributed by atoms with Crippen LogP contribution in [0.5, 0.6) is 5.75 Å². The molecular weight excluding hydrogens is 430 g/mol. The summed E-state index contributed by atoms with van der Waals surface area (Å²) >= 11 is 0. The van der Waals surface area contributed by atoms with Gasteiger partial charge in [-0.3, -0.25) is 9.59 Å². The zero-order valence-corrected chi connectivity index (χ0v) is 17.9. The predicted molar refractivity (Wildman–Crippen MR) is 129 cm³/mol. The molecule has 5 aromatic rings. The molecule has 5 rings (SSSR count). The van der Waals surface area contributed by atoms with Gasteiger partial charge in [-0.1, -0.05) is 66.7 Å². The third-order valence-electron chi connectivity index (χ3n) is 5.72. The highest BCUT2D eigenvalue weighted by atomic mass is 16.4. The van der Waals surface area contributed by atoms with Crippen molar-refractivity contribution in [3.8, 4) is 5.75 Å². The molecule has 0 spiro atoms. The van der Waals surface area contributed by atoms with E-state index in [4.69, 9.17) is 4.42 Å². The van der Waals surface area contributed by atoms with Crippen LogP contribution in [0, 0.1) is 0 Å². The van der Waals surface area contributed by atoms with E-state index < -0.39 is 29.1 Å². The highest BCUT2D eigenvalue weighted by Crippen LogP contribution is 2.32. The second-order valence-electron chi connectivity index (χ2n) is 7.85. The molecule has 0 bridgehead atoms. The number of Topliss-reactive ketones (excluding diaryl/α,β-unsaturated/α-hetero) is 1. The number of nitrogens with one attached hydrogen (secondary N) is 1. The Bertz CT molecular complexity index is 1600. The zero-order chi connectivity index (χ0) is 23.7. The summed E-state index contributed by atoms with van der Waals surface area (Å²) in [5.41, 5.74) is -0.447. The number of amides is 1. The van der Waals surface area contributed by atoms with Crippen molar-refractivity contribution < 1.29 is 19.1 Å². The minimum absolute atomic E-state index is 0.181. The quantitative estimate of drug-likeness (QED) is 0.291. The van der Waals surface area contributed by atoms with Gasteiger partial charge >= 0.3 is 5.63 Å². The Hall–Kier alpha value is -4.71. The van der Waals surface area contributed by atoms with E-state index in [1.807, 2.05) is 24.3 Å². The second-order valence-corrected chi connectivity index (χ2v) is 7.85. The molecule has 34 heavy (non-hydrogen) atoms. The number of carbonyl (C=O) groups excluding carboxylic acids is 2. The number of carbonyl (C=O) groups is 2. The third kappa shape index (κ3) is 3.82. The summed E-state index contributed by atoms with van der Waals surface area (Å²) in [6, 6.07) is 26.0. The highest BCUT2D eigenvalue weighted by molar-refractivity contribution is 6.07. The molecule has 0 radical (unpaired) electrons. The summed E-state index contributed by atoms with van der Waals surface area (Å²) in [6.07, 6.45) is 0. The molecule has 0 aliphatic heterocycles. The Morgan fingerprint density at radius 2 is 1.44 bits per heavy atom. The van der Waals surface area contributed by atoms with E-state index in [2.05, 4.69) is 5.32 Å². The van der Waals surface area contributed by atoms with Crippen molar-refractivity contribution in [1.29, 1.82) is 0 Å². The lowest BCUT2D eigenvalue weighted by atomic mass is 9.94. The molecule has 6 nitrogen and oxygen atoms in total. The predicted octanol–water partition coefficient (Wildman–Crippen LogP) is 5.01. The lowest BCUT2D eigenvalue weighted by Gasteiger charge is -2.19. The zero-order valence-electron chi connectivity index (χ0n) is 17.9. The first kappa shape index (κ1) is 21.2. The van der Waals surface area contributed by atoms with Crippen LogP contribution in [-0.2, 0) is 0 Å². The molecule has 0 saturated heterocycles. The van der Waals surface area contributed by atoms with Crippen LogP contribution in [-0.4, -0.2) is 16.8 Å². The first-order valence-corrected chi connectivity index (χ1v) is 10.7. The Labute approximate surface area is 194 Å². The molecule has 4 aromatic carbocycles. The molecule has 1 heterocycles. The van der Waals surface area contributed by atoms with Crippen LogP contribution in [0.1, 0.15) is 32.3 Å². The topological polar surface area (TPSA) is 96.6 Å². The molecule has 1 unspecified atom stereocenters. The second kappa shape index (κ2) is 8.67. The average Bonchev–Trinajstić information content (AvgIpc) is 2.87. The van der Waals surface area contributed by atoms with Crippen LogP contribution >= 0.6 is 0 Å². The fraction of sp³-hybridized carbons (Fsp3) is 0.0357. The van der Waals surface area contributed by atoms with Crippen molar-refractivity contribution in [2.24, 2.45) is 0 Å². The smallest absolute Gasteiger partial charge is 0.345 e. The van der Waals surface area contributed by atoms with Gasteiger partial charge < -0.3 is 14.8 Å². The summed E-state index contributed by atoms with van der Waals surface area (Å²) < 4.78 is 5.38. The maximum Gasteiger partial charge on any atom is 0.345 e. The van der Waals surface area contributed by atoms with E-state index in [9.17, 15) is 19.5 Å². The summed E-state index contributed by atoms with van der Waals surface area (Å²) in [7, 11) is 0. The van der Waals surface area contributed by atoms with Crippen molar-refractivity contribution in [3.05, 3.63) is 124 Å². The summed E-state index contributed by atoms with van der Waals surface area (Å²) in [6.45, 7) is 0. The number of para-hydroxylation sites is 1. The van der Waals surface area contributed by atoms with E-state index >= 15 is 0 Å². The number of hydrogen-bond donors (Lipinski definition) is 2. The lowest BCUT2D eigenvalue weighted by molar-refractivity contribution is 0.0854. The molecule has 2 N–H and O–H groups in total. The normalized spacial score (nSPS) is 11.9. The molecule has 1 aromatic heterocycles. The summed E-state index contributed by atoms with van der Waals surface area (Å²) in [5.74, 6) is -1.51. The van der Waals surface area contributed by atoms with Crippen molar-refractivity contribution in [2.45, 2.75) is 6.04 Å². The van der Waals surface area contributed by atoms with Gasteiger partial charge in [-0.25, -0.2) is 4.79 Å². The van der Waals surface area contributed by atoms with Gasteiger partial charge in [0.05, 0.1) is 5.39 Å². The first-order valence-electron chi connectivity index (χ1n) is 10.7. The molecule has 1 amide bonds. The van der Waals surface area contributed by atoms with E-state index in [0.29, 0.717) is 5.56 Å². The molecule has 6 heteroatoms. The minimum Gasteiger partial charge on any atom is -0.507 e. The Balaban J connectivity index is 1.65. The lowest BCUT2D eigenvalue weighted by Crippen LogP contribution is -2.36. The van der Waals surface area contributed by atoms with Gasteiger partial charge in [-0.2, -0.15) is 0 Å². The van der Waals surface area contributed by atoms with Gasteiger partial charge in [0.2, 0.25) is 0 Å². The van der Waals surface area contributed by atoms with Crippen molar-refractivity contribution in [3.63, 3.8) is 0 Å². The van der Waals surface area contributed by atoms with E-state index in [1.54, 1.807) is 72.8 Å². The van der Waals surface area contributed by atoms with Crippen molar-refractivity contribution >= 4 is 33.4 Å². The average molecular weight is 449 g/mol.